The first kappa shape index (κ1) is 13.8. The highest BCUT2D eigenvalue weighted by molar-refractivity contribution is 6.42. The molecule has 16 heavy (non-hydrogen) atoms. The summed E-state index contributed by atoms with van der Waals surface area (Å²) in [5.74, 6) is 0. The molecule has 0 saturated heterocycles. The van der Waals surface area contributed by atoms with E-state index in [1.807, 2.05) is 18.2 Å². The molecule has 0 bridgehead atoms. The van der Waals surface area contributed by atoms with Gasteiger partial charge in [0.2, 0.25) is 0 Å². The fourth-order valence-corrected chi connectivity index (χ4v) is 1.77. The van der Waals surface area contributed by atoms with Gasteiger partial charge < -0.3 is 5.73 Å². The largest absolute Gasteiger partial charge is 0.327 e. The van der Waals surface area contributed by atoms with Gasteiger partial charge in [-0.2, -0.15) is 0 Å². The second-order valence-electron chi connectivity index (χ2n) is 5.26. The Labute approximate surface area is 108 Å². The Bertz CT molecular complexity index is 355. The van der Waals surface area contributed by atoms with Gasteiger partial charge in [0, 0.05) is 6.04 Å². The molecule has 1 unspecified atom stereocenters. The van der Waals surface area contributed by atoms with Gasteiger partial charge in [-0.15, -0.1) is 0 Å². The van der Waals surface area contributed by atoms with Crippen LogP contribution < -0.4 is 5.73 Å². The zero-order valence-corrected chi connectivity index (χ0v) is 11.6. The van der Waals surface area contributed by atoms with Crippen molar-refractivity contribution in [2.45, 2.75) is 39.7 Å². The molecule has 1 rings (SSSR count). The summed E-state index contributed by atoms with van der Waals surface area (Å²) in [4.78, 5) is 0. The van der Waals surface area contributed by atoms with E-state index in [2.05, 4.69) is 20.8 Å². The van der Waals surface area contributed by atoms with Gasteiger partial charge in [0.05, 0.1) is 10.0 Å². The van der Waals surface area contributed by atoms with Crippen LogP contribution in [0.1, 0.15) is 32.8 Å². The molecule has 0 amide bonds. The van der Waals surface area contributed by atoms with Crippen LogP contribution in [0.15, 0.2) is 18.2 Å². The minimum atomic E-state index is 0.149. The number of halogens is 2. The van der Waals surface area contributed by atoms with Crippen molar-refractivity contribution in [1.29, 1.82) is 0 Å². The molecule has 1 aromatic carbocycles. The van der Waals surface area contributed by atoms with E-state index in [-0.39, 0.29) is 11.5 Å². The lowest BCUT2D eigenvalue weighted by Crippen LogP contribution is -2.35. The molecule has 0 aromatic heterocycles. The summed E-state index contributed by atoms with van der Waals surface area (Å²) in [6.07, 6.45) is 1.90. The molecule has 3 heteroatoms. The van der Waals surface area contributed by atoms with Crippen LogP contribution in [0.2, 0.25) is 10.0 Å². The van der Waals surface area contributed by atoms with Crippen molar-refractivity contribution < 1.29 is 0 Å². The third kappa shape index (κ3) is 3.97. The van der Waals surface area contributed by atoms with Crippen LogP contribution in [0.3, 0.4) is 0 Å². The van der Waals surface area contributed by atoms with Crippen molar-refractivity contribution in [2.75, 3.05) is 0 Å². The first-order valence-corrected chi connectivity index (χ1v) is 6.26. The third-order valence-corrected chi connectivity index (χ3v) is 3.58. The summed E-state index contributed by atoms with van der Waals surface area (Å²) in [6, 6.07) is 5.95. The van der Waals surface area contributed by atoms with Gasteiger partial charge in [0.1, 0.15) is 0 Å². The average molecular weight is 260 g/mol. The van der Waals surface area contributed by atoms with E-state index in [0.717, 1.165) is 12.8 Å². The van der Waals surface area contributed by atoms with E-state index in [4.69, 9.17) is 28.9 Å². The highest BCUT2D eigenvalue weighted by Gasteiger charge is 2.19. The molecule has 0 aliphatic carbocycles. The summed E-state index contributed by atoms with van der Waals surface area (Å²) < 4.78 is 0. The maximum Gasteiger partial charge on any atom is 0.0595 e. The maximum absolute atomic E-state index is 6.11. The molecule has 0 saturated carbocycles. The van der Waals surface area contributed by atoms with Gasteiger partial charge in [-0.25, -0.2) is 0 Å². The summed E-state index contributed by atoms with van der Waals surface area (Å²) in [6.45, 7) is 6.48. The molecular formula is C13H19Cl2N. The smallest absolute Gasteiger partial charge is 0.0595 e. The molecule has 0 heterocycles. The summed E-state index contributed by atoms with van der Waals surface area (Å²) in [7, 11) is 0. The Morgan fingerprint density at radius 1 is 1.19 bits per heavy atom. The highest BCUT2D eigenvalue weighted by atomic mass is 35.5. The van der Waals surface area contributed by atoms with Crippen molar-refractivity contribution in [2.24, 2.45) is 11.1 Å². The highest BCUT2D eigenvalue weighted by Crippen LogP contribution is 2.25. The number of benzene rings is 1. The first-order chi connectivity index (χ1) is 7.30. The number of rotatable bonds is 3. The lowest BCUT2D eigenvalue weighted by molar-refractivity contribution is 0.306. The van der Waals surface area contributed by atoms with Crippen molar-refractivity contribution in [3.8, 4) is 0 Å². The van der Waals surface area contributed by atoms with Crippen LogP contribution in [0.25, 0.3) is 0 Å². The van der Waals surface area contributed by atoms with Crippen LogP contribution in [-0.2, 0) is 6.42 Å². The van der Waals surface area contributed by atoms with Gasteiger partial charge in [0.25, 0.3) is 0 Å². The Balaban J connectivity index is 2.58. The predicted molar refractivity (Wildman–Crippen MR) is 72.2 cm³/mol. The molecule has 90 valence electrons. The average Bonchev–Trinajstić information content (AvgIpc) is 2.18. The molecular weight excluding hydrogens is 241 g/mol. The first-order valence-electron chi connectivity index (χ1n) is 5.50. The van der Waals surface area contributed by atoms with Crippen LogP contribution >= 0.6 is 23.2 Å². The number of hydrogen-bond donors (Lipinski definition) is 1. The molecule has 0 spiro atoms. The third-order valence-electron chi connectivity index (χ3n) is 2.84. The van der Waals surface area contributed by atoms with Gasteiger partial charge >= 0.3 is 0 Å². The zero-order valence-electron chi connectivity index (χ0n) is 10.1. The monoisotopic (exact) mass is 259 g/mol. The Morgan fingerprint density at radius 2 is 1.81 bits per heavy atom. The summed E-state index contributed by atoms with van der Waals surface area (Å²) >= 11 is 11.8. The Hall–Kier alpha value is -0.240. The Morgan fingerprint density at radius 3 is 2.31 bits per heavy atom. The number of hydrogen-bond acceptors (Lipinski definition) is 1. The second kappa shape index (κ2) is 5.39. The van der Waals surface area contributed by atoms with E-state index >= 15 is 0 Å². The number of nitrogens with two attached hydrogens (primary N) is 1. The maximum atomic E-state index is 6.11. The minimum Gasteiger partial charge on any atom is -0.327 e. The quantitative estimate of drug-likeness (QED) is 0.861. The lowest BCUT2D eigenvalue weighted by atomic mass is 9.84. The normalized spacial score (nSPS) is 13.9. The Kier molecular flexibility index (Phi) is 4.66. The molecule has 0 aliphatic heterocycles. The second-order valence-corrected chi connectivity index (χ2v) is 6.07. The fraction of sp³-hybridized carbons (Fsp3) is 0.538. The summed E-state index contributed by atoms with van der Waals surface area (Å²) in [5.41, 5.74) is 7.45. The standard InChI is InChI=1S/C13H19Cl2N/c1-13(2,3)12(16)7-5-9-4-6-10(14)11(15)8-9/h4,6,8,12H,5,7,16H2,1-3H3. The molecule has 1 aromatic rings. The number of aryl methyl sites for hydroxylation is 1. The zero-order chi connectivity index (χ0) is 12.3. The lowest BCUT2D eigenvalue weighted by Gasteiger charge is -2.27. The van der Waals surface area contributed by atoms with E-state index in [0.29, 0.717) is 10.0 Å². The van der Waals surface area contributed by atoms with Crippen LogP contribution in [0, 0.1) is 5.41 Å². The molecule has 2 N–H and O–H groups in total. The van der Waals surface area contributed by atoms with Crippen molar-refractivity contribution in [3.63, 3.8) is 0 Å². The fourth-order valence-electron chi connectivity index (χ4n) is 1.45. The van der Waals surface area contributed by atoms with Crippen LogP contribution in [0.5, 0.6) is 0 Å². The topological polar surface area (TPSA) is 26.0 Å². The predicted octanol–water partition coefficient (Wildman–Crippen LogP) is 4.30. The van der Waals surface area contributed by atoms with Gasteiger partial charge in [0.15, 0.2) is 0 Å². The van der Waals surface area contributed by atoms with Gasteiger partial charge in [-0.1, -0.05) is 50.0 Å². The van der Waals surface area contributed by atoms with E-state index in [1.165, 1.54) is 5.56 Å². The molecule has 0 aliphatic rings. The van der Waals surface area contributed by atoms with E-state index < -0.39 is 0 Å². The van der Waals surface area contributed by atoms with E-state index in [1.54, 1.807) is 0 Å². The van der Waals surface area contributed by atoms with Gasteiger partial charge in [-0.05, 0) is 36.0 Å². The SMILES string of the molecule is CC(C)(C)C(N)CCc1ccc(Cl)c(Cl)c1. The summed E-state index contributed by atoms with van der Waals surface area (Å²) in [5, 5.41) is 1.22. The van der Waals surface area contributed by atoms with Crippen molar-refractivity contribution in [3.05, 3.63) is 33.8 Å². The van der Waals surface area contributed by atoms with Crippen molar-refractivity contribution in [1.82, 2.24) is 0 Å². The van der Waals surface area contributed by atoms with Crippen molar-refractivity contribution >= 4 is 23.2 Å². The molecule has 1 atom stereocenters. The van der Waals surface area contributed by atoms with Crippen LogP contribution in [0.4, 0.5) is 0 Å². The molecule has 0 radical (unpaired) electrons. The minimum absolute atomic E-state index is 0.149. The van der Waals surface area contributed by atoms with Crippen LogP contribution in [-0.4, -0.2) is 6.04 Å². The van der Waals surface area contributed by atoms with Gasteiger partial charge in [-0.3, -0.25) is 0 Å². The van der Waals surface area contributed by atoms with E-state index in [9.17, 15) is 0 Å². The molecule has 1 nitrogen and oxygen atoms in total. The molecule has 0 fully saturated rings.